The number of para-hydroxylation sites is 3. The fourth-order valence-corrected chi connectivity index (χ4v) is 3.57. The lowest BCUT2D eigenvalue weighted by molar-refractivity contribution is -0.923. The maximum absolute atomic E-state index is 13.9. The molecule has 0 saturated carbocycles. The van der Waals surface area contributed by atoms with Gasteiger partial charge in [0.2, 0.25) is 0 Å². The van der Waals surface area contributed by atoms with E-state index in [1.807, 2.05) is 36.4 Å². The van der Waals surface area contributed by atoms with Crippen LogP contribution in [-0.4, -0.2) is 30.7 Å². The number of oxazole rings is 1. The molecule has 0 bridgehead atoms. The van der Waals surface area contributed by atoms with Crippen molar-refractivity contribution >= 4 is 29.0 Å². The van der Waals surface area contributed by atoms with Gasteiger partial charge in [0.25, 0.3) is 4.84 Å². The second-order valence-corrected chi connectivity index (χ2v) is 6.46. The lowest BCUT2D eigenvalue weighted by Gasteiger charge is -2.33. The number of piperazine rings is 1. The Bertz CT molecular complexity index is 912. The van der Waals surface area contributed by atoms with Crippen LogP contribution in [0.3, 0.4) is 0 Å². The molecule has 1 aromatic heterocycles. The van der Waals surface area contributed by atoms with Crippen molar-refractivity contribution in [2.24, 2.45) is 0 Å². The fourth-order valence-electron chi connectivity index (χ4n) is 3.32. The topological polar surface area (TPSA) is 25.8 Å². The van der Waals surface area contributed by atoms with Crippen LogP contribution in [0.4, 0.5) is 10.1 Å². The van der Waals surface area contributed by atoms with Crippen LogP contribution >= 0.6 is 12.2 Å². The molecule has 1 fully saturated rings. The molecule has 0 aliphatic carbocycles. The van der Waals surface area contributed by atoms with Gasteiger partial charge in [-0.3, -0.25) is 4.57 Å². The number of nitrogens with zero attached hydrogens (tertiary/aromatic N) is 2. The first-order valence-corrected chi connectivity index (χ1v) is 8.54. The first-order valence-electron chi connectivity index (χ1n) is 8.14. The molecule has 0 radical (unpaired) electrons. The average molecular weight is 344 g/mol. The van der Waals surface area contributed by atoms with Gasteiger partial charge in [0.05, 0.1) is 37.4 Å². The van der Waals surface area contributed by atoms with Gasteiger partial charge in [0.1, 0.15) is 5.82 Å². The molecule has 4 nitrogen and oxygen atoms in total. The van der Waals surface area contributed by atoms with Crippen LogP contribution in [0.25, 0.3) is 11.1 Å². The van der Waals surface area contributed by atoms with Gasteiger partial charge < -0.3 is 14.2 Å². The summed E-state index contributed by atoms with van der Waals surface area (Å²) in [7, 11) is 0. The molecule has 0 amide bonds. The van der Waals surface area contributed by atoms with Crippen LogP contribution in [0.5, 0.6) is 0 Å². The summed E-state index contributed by atoms with van der Waals surface area (Å²) in [4.78, 5) is 4.05. The number of rotatable bonds is 3. The first kappa shape index (κ1) is 15.4. The van der Waals surface area contributed by atoms with Crippen LogP contribution in [0.2, 0.25) is 0 Å². The van der Waals surface area contributed by atoms with Gasteiger partial charge in [0, 0.05) is 0 Å². The van der Waals surface area contributed by atoms with Gasteiger partial charge in [0.15, 0.2) is 12.3 Å². The van der Waals surface area contributed by atoms with Gasteiger partial charge in [-0.15, -0.1) is 0 Å². The number of hydrogen-bond acceptors (Lipinski definition) is 3. The Balaban J connectivity index is 1.48. The zero-order valence-corrected chi connectivity index (χ0v) is 14.1. The van der Waals surface area contributed by atoms with Crippen molar-refractivity contribution < 1.29 is 13.7 Å². The van der Waals surface area contributed by atoms with E-state index in [1.165, 1.54) is 11.0 Å². The monoisotopic (exact) mass is 344 g/mol. The number of hydrogen-bond donors (Lipinski definition) is 1. The highest BCUT2D eigenvalue weighted by atomic mass is 32.1. The Kier molecular flexibility index (Phi) is 4.08. The largest absolute Gasteiger partial charge is 0.429 e. The van der Waals surface area contributed by atoms with E-state index in [0.29, 0.717) is 10.5 Å². The number of nitrogens with one attached hydrogen (secondary N) is 1. The Morgan fingerprint density at radius 3 is 2.54 bits per heavy atom. The van der Waals surface area contributed by atoms with Gasteiger partial charge in [-0.1, -0.05) is 24.3 Å². The highest BCUT2D eigenvalue weighted by Crippen LogP contribution is 2.18. The standard InChI is InChI=1S/C18H18FN3OS/c19-14-5-1-2-6-15(14)21-11-9-20(10-12-21)13-22-16-7-3-4-8-17(16)23-18(22)24/h1-8H,9-13H2/p+1. The van der Waals surface area contributed by atoms with Gasteiger partial charge >= 0.3 is 0 Å². The Hall–Kier alpha value is -2.18. The third kappa shape index (κ3) is 2.83. The minimum Gasteiger partial charge on any atom is -0.429 e. The van der Waals surface area contributed by atoms with Gasteiger partial charge in [-0.25, -0.2) is 4.39 Å². The van der Waals surface area contributed by atoms with Crippen molar-refractivity contribution in [2.75, 3.05) is 31.1 Å². The van der Waals surface area contributed by atoms with E-state index in [-0.39, 0.29) is 5.82 Å². The summed E-state index contributed by atoms with van der Waals surface area (Å²) >= 11 is 5.36. The minimum atomic E-state index is -0.149. The van der Waals surface area contributed by atoms with E-state index in [9.17, 15) is 4.39 Å². The number of benzene rings is 2. The van der Waals surface area contributed by atoms with Crippen LogP contribution in [-0.2, 0) is 6.67 Å². The summed E-state index contributed by atoms with van der Waals surface area (Å²) in [5.41, 5.74) is 2.56. The van der Waals surface area contributed by atoms with Gasteiger partial charge in [-0.05, 0) is 36.5 Å². The number of fused-ring (bicyclic) bond motifs is 1. The van der Waals surface area contributed by atoms with Crippen LogP contribution in [0.1, 0.15) is 0 Å². The summed E-state index contributed by atoms with van der Waals surface area (Å²) in [6, 6.07) is 14.9. The minimum absolute atomic E-state index is 0.149. The van der Waals surface area contributed by atoms with Crippen molar-refractivity contribution in [3.05, 3.63) is 59.2 Å². The van der Waals surface area contributed by atoms with Crippen molar-refractivity contribution in [3.8, 4) is 0 Å². The van der Waals surface area contributed by atoms with Crippen molar-refractivity contribution in [2.45, 2.75) is 6.67 Å². The van der Waals surface area contributed by atoms with Crippen molar-refractivity contribution in [1.29, 1.82) is 0 Å². The molecule has 1 aliphatic heterocycles. The molecule has 6 heteroatoms. The Morgan fingerprint density at radius 1 is 1.04 bits per heavy atom. The van der Waals surface area contributed by atoms with Crippen molar-refractivity contribution in [3.63, 3.8) is 0 Å². The summed E-state index contributed by atoms with van der Waals surface area (Å²) in [6.07, 6.45) is 0. The van der Waals surface area contributed by atoms with E-state index >= 15 is 0 Å². The quantitative estimate of drug-likeness (QED) is 0.739. The lowest BCUT2D eigenvalue weighted by atomic mass is 10.2. The molecule has 0 unspecified atom stereocenters. The van der Waals surface area contributed by atoms with Crippen LogP contribution in [0.15, 0.2) is 52.9 Å². The Morgan fingerprint density at radius 2 is 1.75 bits per heavy atom. The molecule has 1 N–H and O–H groups in total. The zero-order chi connectivity index (χ0) is 16.5. The summed E-state index contributed by atoms with van der Waals surface area (Å²) < 4.78 is 21.6. The number of halogens is 1. The normalized spacial score (nSPS) is 16.0. The van der Waals surface area contributed by atoms with E-state index in [0.717, 1.165) is 43.9 Å². The van der Waals surface area contributed by atoms with Crippen molar-refractivity contribution in [1.82, 2.24) is 4.57 Å². The second kappa shape index (κ2) is 6.37. The maximum atomic E-state index is 13.9. The molecule has 4 rings (SSSR count). The molecule has 2 aromatic carbocycles. The zero-order valence-electron chi connectivity index (χ0n) is 13.2. The lowest BCUT2D eigenvalue weighted by Crippen LogP contribution is -3.14. The highest BCUT2D eigenvalue weighted by molar-refractivity contribution is 7.71. The predicted molar refractivity (Wildman–Crippen MR) is 94.3 cm³/mol. The SMILES string of the molecule is Fc1ccccc1N1CC[NH+](Cn2c(=S)oc3ccccc32)CC1. The van der Waals surface area contributed by atoms with Crippen LogP contribution < -0.4 is 9.80 Å². The third-order valence-corrected chi connectivity index (χ3v) is 4.92. The summed E-state index contributed by atoms with van der Waals surface area (Å²) in [6.45, 7) is 4.32. The van der Waals surface area contributed by atoms with E-state index in [4.69, 9.17) is 16.6 Å². The van der Waals surface area contributed by atoms with E-state index in [1.54, 1.807) is 6.07 Å². The molecule has 3 aromatic rings. The van der Waals surface area contributed by atoms with Crippen LogP contribution in [0, 0.1) is 10.7 Å². The smallest absolute Gasteiger partial charge is 0.274 e. The molecule has 0 atom stereocenters. The Labute approximate surface area is 144 Å². The maximum Gasteiger partial charge on any atom is 0.274 e. The number of aromatic nitrogens is 1. The predicted octanol–water partition coefficient (Wildman–Crippen LogP) is 2.47. The summed E-state index contributed by atoms with van der Waals surface area (Å²) in [5.74, 6) is -0.149. The molecule has 1 aliphatic rings. The highest BCUT2D eigenvalue weighted by Gasteiger charge is 2.23. The molecular weight excluding hydrogens is 325 g/mol. The number of quaternary nitrogens is 1. The van der Waals surface area contributed by atoms with E-state index < -0.39 is 0 Å². The first-order chi connectivity index (χ1) is 11.7. The molecule has 2 heterocycles. The molecule has 1 saturated heterocycles. The summed E-state index contributed by atoms with van der Waals surface area (Å²) in [5, 5.41) is 0. The molecule has 0 spiro atoms. The second-order valence-electron chi connectivity index (χ2n) is 6.11. The molecule has 24 heavy (non-hydrogen) atoms. The van der Waals surface area contributed by atoms with Gasteiger partial charge in [-0.2, -0.15) is 0 Å². The fraction of sp³-hybridized carbons (Fsp3) is 0.278. The average Bonchev–Trinajstić information content (AvgIpc) is 2.92. The van der Waals surface area contributed by atoms with E-state index in [2.05, 4.69) is 9.47 Å². The third-order valence-electron chi connectivity index (χ3n) is 4.62. The molecular formula is C18H19FN3OS+. The number of anilines is 1. The molecule has 124 valence electrons.